The van der Waals surface area contributed by atoms with Crippen LogP contribution in [-0.4, -0.2) is 29.3 Å². The summed E-state index contributed by atoms with van der Waals surface area (Å²) in [6, 6.07) is 5.88. The minimum atomic E-state index is -0.443. The largest absolute Gasteiger partial charge is 0.397 e. The van der Waals surface area contributed by atoms with Crippen molar-refractivity contribution in [3.05, 3.63) is 34.2 Å². The minimum Gasteiger partial charge on any atom is -0.397 e. The van der Waals surface area contributed by atoms with Crippen LogP contribution in [0.2, 0.25) is 0 Å². The Morgan fingerprint density at radius 2 is 2.12 bits per heavy atom. The lowest BCUT2D eigenvalue weighted by atomic mass is 10.0. The summed E-state index contributed by atoms with van der Waals surface area (Å²) in [5.74, 6) is -0.128. The highest BCUT2D eigenvalue weighted by molar-refractivity contribution is 7.21. The molecule has 0 atom stereocenters. The molecule has 1 fully saturated rings. The highest BCUT2D eigenvalue weighted by Crippen LogP contribution is 2.43. The van der Waals surface area contributed by atoms with Crippen LogP contribution in [0.4, 0.5) is 17.4 Å². The van der Waals surface area contributed by atoms with Crippen molar-refractivity contribution >= 4 is 56.2 Å². The van der Waals surface area contributed by atoms with E-state index in [0.717, 1.165) is 42.1 Å². The van der Waals surface area contributed by atoms with Crippen LogP contribution >= 0.6 is 22.7 Å². The van der Waals surface area contributed by atoms with Crippen molar-refractivity contribution in [3.8, 4) is 16.5 Å². The number of thiophene rings is 2. The first-order valence-corrected chi connectivity index (χ1v) is 11.7. The number of amides is 1. The van der Waals surface area contributed by atoms with Gasteiger partial charge in [0, 0.05) is 15.8 Å². The number of rotatable bonds is 4. The first-order valence-electron chi connectivity index (χ1n) is 9.97. The number of hydrogen-bond acceptors (Lipinski definition) is 10. The molecule has 0 unspecified atom stereocenters. The van der Waals surface area contributed by atoms with Crippen LogP contribution < -0.4 is 26.6 Å². The van der Waals surface area contributed by atoms with E-state index < -0.39 is 5.91 Å². The van der Waals surface area contributed by atoms with Crippen molar-refractivity contribution in [3.63, 3.8) is 0 Å². The highest BCUT2D eigenvalue weighted by Gasteiger charge is 2.27. The van der Waals surface area contributed by atoms with Gasteiger partial charge in [-0.2, -0.15) is 10.3 Å². The van der Waals surface area contributed by atoms with E-state index in [2.05, 4.69) is 26.7 Å². The number of hydrogen-bond donors (Lipinski definition) is 3. The van der Waals surface area contributed by atoms with Gasteiger partial charge in [0.05, 0.1) is 23.6 Å². The Labute approximate surface area is 190 Å². The molecule has 1 saturated heterocycles. The van der Waals surface area contributed by atoms with Gasteiger partial charge in [0.1, 0.15) is 27.2 Å². The normalized spacial score (nSPS) is 13.9. The molecule has 4 aromatic heterocycles. The van der Waals surface area contributed by atoms with Crippen LogP contribution in [0.5, 0.6) is 0 Å². The van der Waals surface area contributed by atoms with Crippen molar-refractivity contribution in [2.75, 3.05) is 34.9 Å². The monoisotopic (exact) mass is 467 g/mol. The van der Waals surface area contributed by atoms with Gasteiger partial charge in [-0.3, -0.25) is 14.6 Å². The van der Waals surface area contributed by atoms with Gasteiger partial charge in [0.25, 0.3) is 12.1 Å². The third-order valence-corrected chi connectivity index (χ3v) is 7.29. The zero-order chi connectivity index (χ0) is 22.2. The maximum Gasteiger partial charge on any atom is 0.306 e. The molecule has 10 nitrogen and oxygen atoms in total. The Balaban J connectivity index is 1.51. The van der Waals surface area contributed by atoms with Gasteiger partial charge in [-0.25, -0.2) is 4.98 Å². The van der Waals surface area contributed by atoms with E-state index in [1.165, 1.54) is 17.8 Å². The molecule has 0 bridgehead atoms. The lowest BCUT2D eigenvalue weighted by molar-refractivity contribution is -0.759. The Bertz CT molecular complexity index is 1350. The zero-order valence-corrected chi connectivity index (χ0v) is 18.5. The fourth-order valence-corrected chi connectivity index (χ4v) is 5.59. The van der Waals surface area contributed by atoms with E-state index in [1.807, 2.05) is 17.5 Å². The number of nitrogens with one attached hydrogen (secondary N) is 1. The van der Waals surface area contributed by atoms with Crippen molar-refractivity contribution < 1.29 is 14.1 Å². The molecule has 32 heavy (non-hydrogen) atoms. The summed E-state index contributed by atoms with van der Waals surface area (Å²) in [5, 5.41) is 20.9. The van der Waals surface area contributed by atoms with Gasteiger partial charge in [0.15, 0.2) is 0 Å². The molecule has 162 valence electrons. The lowest BCUT2D eigenvalue weighted by Gasteiger charge is -2.17. The number of anilines is 3. The van der Waals surface area contributed by atoms with Crippen LogP contribution in [-0.2, 0) is 0 Å². The molecule has 1 amide bonds. The maximum atomic E-state index is 13.0. The lowest BCUT2D eigenvalue weighted by Crippen LogP contribution is -2.60. The van der Waals surface area contributed by atoms with Crippen LogP contribution in [0.25, 0.3) is 20.7 Å². The van der Waals surface area contributed by atoms with E-state index in [4.69, 9.17) is 16.0 Å². The molecule has 0 aliphatic carbocycles. The predicted octanol–water partition coefficient (Wildman–Crippen LogP) is 2.71. The number of nitriles is 1. The van der Waals surface area contributed by atoms with E-state index in [-0.39, 0.29) is 27.8 Å². The molecular weight excluding hydrogens is 448 g/mol. The number of pyridine rings is 1. The third kappa shape index (κ3) is 3.41. The molecule has 4 aromatic rings. The average molecular weight is 468 g/mol. The molecule has 12 heteroatoms. The average Bonchev–Trinajstić information content (AvgIpc) is 3.54. The second-order valence-electron chi connectivity index (χ2n) is 7.32. The van der Waals surface area contributed by atoms with E-state index in [1.54, 1.807) is 11.0 Å². The summed E-state index contributed by atoms with van der Waals surface area (Å²) in [6.07, 6.45) is 5.01. The van der Waals surface area contributed by atoms with Crippen molar-refractivity contribution in [1.29, 1.82) is 5.26 Å². The Morgan fingerprint density at radius 3 is 2.84 bits per heavy atom. The Morgan fingerprint density at radius 1 is 1.31 bits per heavy atom. The van der Waals surface area contributed by atoms with Gasteiger partial charge in [-0.1, -0.05) is 6.07 Å². The molecule has 0 aromatic carbocycles. The first kappa shape index (κ1) is 20.2. The van der Waals surface area contributed by atoms with E-state index in [0.29, 0.717) is 15.8 Å². The van der Waals surface area contributed by atoms with Gasteiger partial charge in [0.2, 0.25) is 5.27 Å². The van der Waals surface area contributed by atoms with Gasteiger partial charge < -0.3 is 11.5 Å². The summed E-state index contributed by atoms with van der Waals surface area (Å²) in [7, 11) is 0. The standard InChI is InChI=1S/C20H18N8O2S2/c21-9-11-14(12-5-4-8-31-12)15-16(22)17(32-20(15)25-18(11)23)19(29)24-13-10-28(26-30-13)27-6-2-1-3-7-27/h4-5,8,10H,1-3,6-7H2,(H4-,22,23,24,25,26,29)/p+1. The maximum absolute atomic E-state index is 13.0. The highest BCUT2D eigenvalue weighted by atomic mass is 32.1. The molecule has 1 aliphatic heterocycles. The summed E-state index contributed by atoms with van der Waals surface area (Å²) in [6.45, 7) is 1.77. The summed E-state index contributed by atoms with van der Waals surface area (Å²) in [5.41, 5.74) is 13.5. The number of nitrogen functional groups attached to an aromatic ring is 2. The van der Waals surface area contributed by atoms with Crippen molar-refractivity contribution in [2.24, 2.45) is 0 Å². The van der Waals surface area contributed by atoms with Crippen LogP contribution in [0.1, 0.15) is 34.5 Å². The number of piperidine rings is 1. The van der Waals surface area contributed by atoms with Crippen LogP contribution in [0, 0.1) is 11.3 Å². The van der Waals surface area contributed by atoms with Crippen LogP contribution in [0.3, 0.4) is 0 Å². The van der Waals surface area contributed by atoms with Gasteiger partial charge in [-0.15, -0.1) is 22.7 Å². The second-order valence-corrected chi connectivity index (χ2v) is 9.26. The number of carbonyl (C=O) groups excluding carboxylic acids is 1. The van der Waals surface area contributed by atoms with E-state index >= 15 is 0 Å². The SMILES string of the molecule is N#Cc1c(N)nc2sc(C(=O)Nc3c[n+](N4CCCCC4)no3)c(N)c2c1-c1cccs1. The Hall–Kier alpha value is -3.69. The fraction of sp³-hybridized carbons (Fsp3) is 0.250. The second kappa shape index (κ2) is 8.10. The topological polar surface area (TPSA) is 151 Å². The molecule has 0 radical (unpaired) electrons. The molecule has 1 aliphatic rings. The van der Waals surface area contributed by atoms with Gasteiger partial charge in [-0.05, 0) is 30.7 Å². The quantitative estimate of drug-likeness (QED) is 0.388. The number of carbonyl (C=O) groups is 1. The molecule has 0 saturated carbocycles. The molecular formula is C20H19N8O2S2+. The fourth-order valence-electron chi connectivity index (χ4n) is 3.80. The summed E-state index contributed by atoms with van der Waals surface area (Å²) >= 11 is 2.58. The third-order valence-electron chi connectivity index (χ3n) is 5.30. The zero-order valence-electron chi connectivity index (χ0n) is 16.9. The number of nitrogens with two attached hydrogens (primary N) is 2. The predicted molar refractivity (Wildman–Crippen MR) is 123 cm³/mol. The Kier molecular flexibility index (Phi) is 5.12. The number of aromatic nitrogens is 3. The summed E-state index contributed by atoms with van der Waals surface area (Å²) in [4.78, 5) is 20.5. The molecule has 5 rings (SSSR count). The molecule has 5 N–H and O–H groups in total. The molecule has 5 heterocycles. The van der Waals surface area contributed by atoms with Crippen molar-refractivity contribution in [1.82, 2.24) is 10.3 Å². The number of nitrogens with zero attached hydrogens (tertiary/aromatic N) is 5. The van der Waals surface area contributed by atoms with Crippen LogP contribution in [0.15, 0.2) is 28.2 Å². The van der Waals surface area contributed by atoms with E-state index in [9.17, 15) is 10.1 Å². The smallest absolute Gasteiger partial charge is 0.306 e. The first-order chi connectivity index (χ1) is 15.6. The minimum absolute atomic E-state index is 0.106. The number of fused-ring (bicyclic) bond motifs is 1. The molecule has 0 spiro atoms. The van der Waals surface area contributed by atoms with Gasteiger partial charge >= 0.3 is 5.88 Å². The summed E-state index contributed by atoms with van der Waals surface area (Å²) < 4.78 is 5.29. The van der Waals surface area contributed by atoms with Crippen molar-refractivity contribution in [2.45, 2.75) is 19.3 Å².